The van der Waals surface area contributed by atoms with E-state index in [9.17, 15) is 4.79 Å². The number of benzene rings is 2. The molecule has 0 aliphatic heterocycles. The smallest absolute Gasteiger partial charge is 0.258 e. The fourth-order valence-electron chi connectivity index (χ4n) is 2.82. The first-order valence-corrected chi connectivity index (χ1v) is 8.61. The molecule has 0 aliphatic carbocycles. The summed E-state index contributed by atoms with van der Waals surface area (Å²) in [7, 11) is 0. The molecule has 2 aromatic rings. The number of rotatable bonds is 7. The van der Waals surface area contributed by atoms with Gasteiger partial charge in [0, 0.05) is 0 Å². The predicted octanol–water partition coefficient (Wildman–Crippen LogP) is 4.51. The number of amides is 1. The molecule has 0 aromatic heterocycles. The van der Waals surface area contributed by atoms with E-state index in [1.54, 1.807) is 0 Å². The van der Waals surface area contributed by atoms with E-state index in [2.05, 4.69) is 51.2 Å². The van der Waals surface area contributed by atoms with Gasteiger partial charge in [0.2, 0.25) is 0 Å². The SMILES string of the molecule is CCc1ccc(OCC(=O)N[C@@H](CC)c2ccc(C)cc2C)cc1. The molecule has 0 radical (unpaired) electrons. The van der Waals surface area contributed by atoms with Gasteiger partial charge in [-0.2, -0.15) is 0 Å². The van der Waals surface area contributed by atoms with Crippen molar-refractivity contribution in [1.82, 2.24) is 5.32 Å². The van der Waals surface area contributed by atoms with Gasteiger partial charge in [-0.3, -0.25) is 4.79 Å². The van der Waals surface area contributed by atoms with Crippen molar-refractivity contribution < 1.29 is 9.53 Å². The average molecular weight is 325 g/mol. The normalized spacial score (nSPS) is 11.8. The standard InChI is InChI=1S/C21H27NO2/c1-5-17-8-10-18(11-9-17)24-14-21(23)22-20(6-2)19-12-7-15(3)13-16(19)4/h7-13,20H,5-6,14H2,1-4H3,(H,22,23)/t20-/m0/s1. The van der Waals surface area contributed by atoms with Crippen molar-refractivity contribution in [3.8, 4) is 5.75 Å². The maximum atomic E-state index is 12.2. The first-order chi connectivity index (χ1) is 11.5. The maximum absolute atomic E-state index is 12.2. The van der Waals surface area contributed by atoms with Crippen molar-refractivity contribution in [2.45, 2.75) is 46.6 Å². The molecule has 128 valence electrons. The molecular weight excluding hydrogens is 298 g/mol. The topological polar surface area (TPSA) is 38.3 Å². The molecule has 1 N–H and O–H groups in total. The zero-order valence-corrected chi connectivity index (χ0v) is 15.1. The molecule has 0 saturated carbocycles. The number of carbonyl (C=O) groups excluding carboxylic acids is 1. The highest BCUT2D eigenvalue weighted by Crippen LogP contribution is 2.21. The van der Waals surface area contributed by atoms with Gasteiger partial charge in [-0.05, 0) is 55.5 Å². The molecular formula is C21H27NO2. The largest absolute Gasteiger partial charge is 0.484 e. The molecule has 2 aromatic carbocycles. The molecule has 3 heteroatoms. The van der Waals surface area contributed by atoms with Gasteiger partial charge < -0.3 is 10.1 Å². The molecule has 1 amide bonds. The van der Waals surface area contributed by atoms with Gasteiger partial charge in [0.05, 0.1) is 6.04 Å². The Hall–Kier alpha value is -2.29. The highest BCUT2D eigenvalue weighted by Gasteiger charge is 2.15. The van der Waals surface area contributed by atoms with Gasteiger partial charge in [0.1, 0.15) is 5.75 Å². The third-order valence-electron chi connectivity index (χ3n) is 4.25. The first-order valence-electron chi connectivity index (χ1n) is 8.61. The Morgan fingerprint density at radius 2 is 1.79 bits per heavy atom. The van der Waals surface area contributed by atoms with Crippen molar-refractivity contribution in [2.75, 3.05) is 6.61 Å². The molecule has 2 rings (SSSR count). The lowest BCUT2D eigenvalue weighted by Crippen LogP contribution is -2.32. The third-order valence-corrected chi connectivity index (χ3v) is 4.25. The number of ether oxygens (including phenoxy) is 1. The minimum absolute atomic E-state index is 0.0177. The van der Waals surface area contributed by atoms with E-state index < -0.39 is 0 Å². The van der Waals surface area contributed by atoms with E-state index in [-0.39, 0.29) is 18.6 Å². The molecule has 0 spiro atoms. The van der Waals surface area contributed by atoms with Crippen LogP contribution in [0, 0.1) is 13.8 Å². The third kappa shape index (κ3) is 4.85. The van der Waals surface area contributed by atoms with Gasteiger partial charge in [-0.15, -0.1) is 0 Å². The molecule has 0 heterocycles. The van der Waals surface area contributed by atoms with Crippen LogP contribution < -0.4 is 10.1 Å². The van der Waals surface area contributed by atoms with Crippen LogP contribution in [-0.4, -0.2) is 12.5 Å². The van der Waals surface area contributed by atoms with Crippen LogP contribution in [0.5, 0.6) is 5.75 Å². The summed E-state index contributed by atoms with van der Waals surface area (Å²) < 4.78 is 5.59. The Balaban J connectivity index is 1.93. The second-order valence-electron chi connectivity index (χ2n) is 6.17. The zero-order chi connectivity index (χ0) is 17.5. The minimum Gasteiger partial charge on any atom is -0.484 e. The number of aryl methyl sites for hydroxylation is 3. The van der Waals surface area contributed by atoms with E-state index in [0.29, 0.717) is 0 Å². The lowest BCUT2D eigenvalue weighted by molar-refractivity contribution is -0.123. The van der Waals surface area contributed by atoms with Crippen LogP contribution >= 0.6 is 0 Å². The van der Waals surface area contributed by atoms with Gasteiger partial charge in [-0.25, -0.2) is 0 Å². The fourth-order valence-corrected chi connectivity index (χ4v) is 2.82. The van der Waals surface area contributed by atoms with Crippen LogP contribution in [0.15, 0.2) is 42.5 Å². The summed E-state index contributed by atoms with van der Waals surface area (Å²) in [6.45, 7) is 8.39. The highest BCUT2D eigenvalue weighted by atomic mass is 16.5. The Morgan fingerprint density at radius 1 is 1.08 bits per heavy atom. The number of carbonyl (C=O) groups is 1. The quantitative estimate of drug-likeness (QED) is 0.813. The van der Waals surface area contributed by atoms with E-state index in [4.69, 9.17) is 4.74 Å². The molecule has 24 heavy (non-hydrogen) atoms. The van der Waals surface area contributed by atoms with Gasteiger partial charge in [-0.1, -0.05) is 49.7 Å². The average Bonchev–Trinajstić information content (AvgIpc) is 2.59. The zero-order valence-electron chi connectivity index (χ0n) is 15.1. The number of hydrogen-bond donors (Lipinski definition) is 1. The summed E-state index contributed by atoms with van der Waals surface area (Å²) in [6, 6.07) is 14.2. The Kier molecular flexibility index (Phi) is 6.42. The predicted molar refractivity (Wildman–Crippen MR) is 98.4 cm³/mol. The van der Waals surface area contributed by atoms with Crippen molar-refractivity contribution in [2.24, 2.45) is 0 Å². The van der Waals surface area contributed by atoms with Gasteiger partial charge >= 0.3 is 0 Å². The summed E-state index contributed by atoms with van der Waals surface area (Å²) in [6.07, 6.45) is 1.84. The molecule has 0 unspecified atom stereocenters. The van der Waals surface area contributed by atoms with Crippen LogP contribution in [0.4, 0.5) is 0 Å². The summed E-state index contributed by atoms with van der Waals surface area (Å²) in [5.74, 6) is 0.628. The van der Waals surface area contributed by atoms with Crippen molar-refractivity contribution in [3.05, 3.63) is 64.7 Å². The van der Waals surface area contributed by atoms with Crippen LogP contribution in [0.2, 0.25) is 0 Å². The van der Waals surface area contributed by atoms with Crippen LogP contribution in [0.1, 0.15) is 48.6 Å². The highest BCUT2D eigenvalue weighted by molar-refractivity contribution is 5.78. The molecule has 0 fully saturated rings. The number of nitrogens with one attached hydrogen (secondary N) is 1. The van der Waals surface area contributed by atoms with Crippen molar-refractivity contribution >= 4 is 5.91 Å². The lowest BCUT2D eigenvalue weighted by atomic mass is 9.97. The molecule has 0 bridgehead atoms. The lowest BCUT2D eigenvalue weighted by Gasteiger charge is -2.20. The molecule has 0 saturated heterocycles. The monoisotopic (exact) mass is 325 g/mol. The van der Waals surface area contributed by atoms with E-state index in [1.807, 2.05) is 24.3 Å². The van der Waals surface area contributed by atoms with Gasteiger partial charge in [0.15, 0.2) is 6.61 Å². The second kappa shape index (κ2) is 8.53. The minimum atomic E-state index is -0.0959. The van der Waals surface area contributed by atoms with Crippen LogP contribution in [-0.2, 0) is 11.2 Å². The van der Waals surface area contributed by atoms with Crippen molar-refractivity contribution in [3.63, 3.8) is 0 Å². The van der Waals surface area contributed by atoms with Gasteiger partial charge in [0.25, 0.3) is 5.91 Å². The second-order valence-corrected chi connectivity index (χ2v) is 6.17. The Morgan fingerprint density at radius 3 is 2.38 bits per heavy atom. The first kappa shape index (κ1) is 18.1. The maximum Gasteiger partial charge on any atom is 0.258 e. The summed E-state index contributed by atoms with van der Waals surface area (Å²) >= 11 is 0. The Bertz CT molecular complexity index is 677. The number of hydrogen-bond acceptors (Lipinski definition) is 2. The van der Waals surface area contributed by atoms with E-state index in [0.717, 1.165) is 18.6 Å². The van der Waals surface area contributed by atoms with Crippen LogP contribution in [0.25, 0.3) is 0 Å². The fraction of sp³-hybridized carbons (Fsp3) is 0.381. The Labute approximate surface area is 145 Å². The summed E-state index contributed by atoms with van der Waals surface area (Å²) in [5, 5.41) is 3.07. The van der Waals surface area contributed by atoms with E-state index in [1.165, 1.54) is 22.3 Å². The van der Waals surface area contributed by atoms with Crippen LogP contribution in [0.3, 0.4) is 0 Å². The molecule has 0 aliphatic rings. The molecule has 1 atom stereocenters. The molecule has 3 nitrogen and oxygen atoms in total. The van der Waals surface area contributed by atoms with Crippen molar-refractivity contribution in [1.29, 1.82) is 0 Å². The summed E-state index contributed by atoms with van der Waals surface area (Å²) in [5.41, 5.74) is 4.87. The summed E-state index contributed by atoms with van der Waals surface area (Å²) in [4.78, 5) is 12.2. The van der Waals surface area contributed by atoms with E-state index >= 15 is 0 Å².